The Hall–Kier alpha value is -0.630. The first-order valence-electron chi connectivity index (χ1n) is 4.04. The molecular formula is C9H18N2. The van der Waals surface area contributed by atoms with Crippen LogP contribution in [0.25, 0.3) is 0 Å². The fourth-order valence-corrected chi connectivity index (χ4v) is 0.909. The van der Waals surface area contributed by atoms with E-state index in [9.17, 15) is 0 Å². The SMILES string of the molecule is C=NC(CCNCC)C(=C)C. The third-order valence-electron chi connectivity index (χ3n) is 1.63. The van der Waals surface area contributed by atoms with E-state index in [-0.39, 0.29) is 6.04 Å². The number of hydrogen-bond acceptors (Lipinski definition) is 2. The summed E-state index contributed by atoms with van der Waals surface area (Å²) >= 11 is 0. The summed E-state index contributed by atoms with van der Waals surface area (Å²) in [5.41, 5.74) is 1.10. The molecule has 0 saturated carbocycles. The van der Waals surface area contributed by atoms with E-state index < -0.39 is 0 Å². The van der Waals surface area contributed by atoms with E-state index >= 15 is 0 Å². The fraction of sp³-hybridized carbons (Fsp3) is 0.667. The standard InChI is InChI=1S/C9H18N2/c1-5-11-7-6-9(10-4)8(2)3/h9,11H,2,4-7H2,1,3H3. The van der Waals surface area contributed by atoms with Crippen LogP contribution in [0.2, 0.25) is 0 Å². The molecule has 0 aliphatic heterocycles. The molecule has 0 aliphatic rings. The maximum atomic E-state index is 3.97. The zero-order chi connectivity index (χ0) is 8.69. The van der Waals surface area contributed by atoms with E-state index in [1.807, 2.05) is 6.92 Å². The first-order chi connectivity index (χ1) is 5.22. The predicted molar refractivity (Wildman–Crippen MR) is 51.3 cm³/mol. The molecule has 0 aliphatic carbocycles. The number of nitrogens with zero attached hydrogens (tertiary/aromatic N) is 1. The molecule has 1 unspecified atom stereocenters. The largest absolute Gasteiger partial charge is 0.317 e. The van der Waals surface area contributed by atoms with Gasteiger partial charge in [-0.2, -0.15) is 0 Å². The summed E-state index contributed by atoms with van der Waals surface area (Å²) in [5, 5.41) is 3.24. The minimum atomic E-state index is 0.231. The summed E-state index contributed by atoms with van der Waals surface area (Å²) in [5.74, 6) is 0. The van der Waals surface area contributed by atoms with Gasteiger partial charge in [-0.25, -0.2) is 0 Å². The summed E-state index contributed by atoms with van der Waals surface area (Å²) < 4.78 is 0. The summed E-state index contributed by atoms with van der Waals surface area (Å²) in [7, 11) is 0. The van der Waals surface area contributed by atoms with E-state index in [0.717, 1.165) is 25.1 Å². The Morgan fingerprint density at radius 3 is 2.64 bits per heavy atom. The van der Waals surface area contributed by atoms with Crippen molar-refractivity contribution in [3.05, 3.63) is 12.2 Å². The quantitative estimate of drug-likeness (QED) is 0.351. The Bertz CT molecular complexity index is 130. The third kappa shape index (κ3) is 4.73. The minimum absolute atomic E-state index is 0.231. The Morgan fingerprint density at radius 2 is 2.27 bits per heavy atom. The van der Waals surface area contributed by atoms with Gasteiger partial charge in [0.1, 0.15) is 0 Å². The van der Waals surface area contributed by atoms with Crippen molar-refractivity contribution in [2.45, 2.75) is 26.3 Å². The van der Waals surface area contributed by atoms with E-state index in [1.54, 1.807) is 0 Å². The molecule has 0 fully saturated rings. The van der Waals surface area contributed by atoms with Crippen molar-refractivity contribution in [2.24, 2.45) is 4.99 Å². The monoisotopic (exact) mass is 154 g/mol. The van der Waals surface area contributed by atoms with E-state index in [1.165, 1.54) is 0 Å². The van der Waals surface area contributed by atoms with Gasteiger partial charge in [0.25, 0.3) is 0 Å². The van der Waals surface area contributed by atoms with Crippen LogP contribution in [-0.2, 0) is 0 Å². The van der Waals surface area contributed by atoms with E-state index in [2.05, 4.69) is 30.5 Å². The number of nitrogens with one attached hydrogen (secondary N) is 1. The maximum Gasteiger partial charge on any atom is 0.0708 e. The van der Waals surface area contributed by atoms with Crippen molar-refractivity contribution in [3.8, 4) is 0 Å². The number of aliphatic imine (C=N–C) groups is 1. The number of hydrogen-bond donors (Lipinski definition) is 1. The summed E-state index contributed by atoms with van der Waals surface area (Å²) in [6.07, 6.45) is 1.01. The van der Waals surface area contributed by atoms with Gasteiger partial charge in [0.2, 0.25) is 0 Å². The molecule has 0 heterocycles. The van der Waals surface area contributed by atoms with Gasteiger partial charge in [-0.3, -0.25) is 4.99 Å². The molecule has 2 nitrogen and oxygen atoms in total. The van der Waals surface area contributed by atoms with Gasteiger partial charge < -0.3 is 5.32 Å². The van der Waals surface area contributed by atoms with Gasteiger partial charge in [0.05, 0.1) is 6.04 Å². The van der Waals surface area contributed by atoms with Crippen LogP contribution in [0.4, 0.5) is 0 Å². The zero-order valence-corrected chi connectivity index (χ0v) is 7.56. The Morgan fingerprint density at radius 1 is 1.64 bits per heavy atom. The highest BCUT2D eigenvalue weighted by Gasteiger charge is 2.03. The molecule has 0 radical (unpaired) electrons. The van der Waals surface area contributed by atoms with Crippen molar-refractivity contribution in [1.29, 1.82) is 0 Å². The molecule has 0 spiro atoms. The minimum Gasteiger partial charge on any atom is -0.317 e. The normalized spacial score (nSPS) is 12.5. The molecule has 0 saturated heterocycles. The molecule has 1 N–H and O–H groups in total. The average Bonchev–Trinajstić information content (AvgIpc) is 1.97. The lowest BCUT2D eigenvalue weighted by atomic mass is 10.1. The van der Waals surface area contributed by atoms with Crippen molar-refractivity contribution >= 4 is 6.72 Å². The Kier molecular flexibility index (Phi) is 5.75. The molecule has 2 heteroatoms. The molecule has 64 valence electrons. The van der Waals surface area contributed by atoms with Crippen LogP contribution in [0.1, 0.15) is 20.3 Å². The van der Waals surface area contributed by atoms with Gasteiger partial charge in [-0.15, -0.1) is 0 Å². The second-order valence-corrected chi connectivity index (χ2v) is 2.69. The lowest BCUT2D eigenvalue weighted by Crippen LogP contribution is -2.19. The lowest BCUT2D eigenvalue weighted by molar-refractivity contribution is 0.620. The van der Waals surface area contributed by atoms with Gasteiger partial charge in [0, 0.05) is 0 Å². The molecular weight excluding hydrogens is 136 g/mol. The van der Waals surface area contributed by atoms with Crippen LogP contribution in [0.15, 0.2) is 17.1 Å². The van der Waals surface area contributed by atoms with Gasteiger partial charge in [-0.05, 0) is 33.2 Å². The molecule has 1 atom stereocenters. The van der Waals surface area contributed by atoms with Crippen molar-refractivity contribution < 1.29 is 0 Å². The molecule has 11 heavy (non-hydrogen) atoms. The van der Waals surface area contributed by atoms with E-state index in [0.29, 0.717) is 0 Å². The van der Waals surface area contributed by atoms with E-state index in [4.69, 9.17) is 0 Å². The molecule has 0 amide bonds. The Labute approximate surface area is 69.4 Å². The van der Waals surface area contributed by atoms with Crippen LogP contribution < -0.4 is 5.32 Å². The average molecular weight is 154 g/mol. The van der Waals surface area contributed by atoms with Gasteiger partial charge >= 0.3 is 0 Å². The molecule has 0 aromatic carbocycles. The molecule has 0 aromatic rings. The first-order valence-corrected chi connectivity index (χ1v) is 4.04. The van der Waals surface area contributed by atoms with Crippen LogP contribution >= 0.6 is 0 Å². The van der Waals surface area contributed by atoms with Crippen molar-refractivity contribution in [1.82, 2.24) is 5.32 Å². The van der Waals surface area contributed by atoms with Crippen LogP contribution in [0, 0.1) is 0 Å². The highest BCUT2D eigenvalue weighted by Crippen LogP contribution is 2.05. The second-order valence-electron chi connectivity index (χ2n) is 2.69. The topological polar surface area (TPSA) is 24.4 Å². The van der Waals surface area contributed by atoms with Crippen molar-refractivity contribution in [2.75, 3.05) is 13.1 Å². The lowest BCUT2D eigenvalue weighted by Gasteiger charge is -2.10. The highest BCUT2D eigenvalue weighted by atomic mass is 14.9. The van der Waals surface area contributed by atoms with Crippen LogP contribution in [-0.4, -0.2) is 25.8 Å². The van der Waals surface area contributed by atoms with Crippen molar-refractivity contribution in [3.63, 3.8) is 0 Å². The second kappa shape index (κ2) is 6.10. The predicted octanol–water partition coefficient (Wildman–Crippen LogP) is 1.63. The highest BCUT2D eigenvalue weighted by molar-refractivity contribution is 5.26. The fourth-order valence-electron chi connectivity index (χ4n) is 0.909. The summed E-state index contributed by atoms with van der Waals surface area (Å²) in [6.45, 7) is 13.5. The Balaban J connectivity index is 3.52. The maximum absolute atomic E-state index is 3.97. The first kappa shape index (κ1) is 10.4. The van der Waals surface area contributed by atoms with Gasteiger partial charge in [-0.1, -0.05) is 19.1 Å². The zero-order valence-electron chi connectivity index (χ0n) is 7.56. The smallest absolute Gasteiger partial charge is 0.0708 e. The number of rotatable bonds is 6. The molecule has 0 aromatic heterocycles. The molecule has 0 rings (SSSR count). The summed E-state index contributed by atoms with van der Waals surface area (Å²) in [6, 6.07) is 0.231. The van der Waals surface area contributed by atoms with Gasteiger partial charge in [0.15, 0.2) is 0 Å². The third-order valence-corrected chi connectivity index (χ3v) is 1.63. The summed E-state index contributed by atoms with van der Waals surface area (Å²) in [4.78, 5) is 3.97. The van der Waals surface area contributed by atoms with Crippen LogP contribution in [0.3, 0.4) is 0 Å². The van der Waals surface area contributed by atoms with Crippen LogP contribution in [0.5, 0.6) is 0 Å². The molecule has 0 bridgehead atoms.